The Bertz CT molecular complexity index is 1170. The molecule has 0 radical (unpaired) electrons. The largest absolute Gasteiger partial charge is 0.449 e. The maximum atomic E-state index is 12.2. The van der Waals surface area contributed by atoms with Gasteiger partial charge in [0.15, 0.2) is 0 Å². The quantitative estimate of drug-likeness (QED) is 0.115. The van der Waals surface area contributed by atoms with E-state index in [1.54, 1.807) is 0 Å². The van der Waals surface area contributed by atoms with E-state index >= 15 is 0 Å². The summed E-state index contributed by atoms with van der Waals surface area (Å²) in [4.78, 5) is 48.1. The molecule has 268 valence electrons. The fourth-order valence-corrected chi connectivity index (χ4v) is 6.38. The van der Waals surface area contributed by atoms with Gasteiger partial charge in [0.1, 0.15) is 6.61 Å². The van der Waals surface area contributed by atoms with Crippen LogP contribution in [0.15, 0.2) is 60.7 Å². The van der Waals surface area contributed by atoms with Crippen LogP contribution in [-0.2, 0) is 32.1 Å². The number of hydrogen-bond acceptors (Lipinski definition) is 8. The van der Waals surface area contributed by atoms with Crippen LogP contribution in [0.25, 0.3) is 0 Å². The molecule has 0 bridgehead atoms. The Morgan fingerprint density at radius 2 is 1.00 bits per heavy atom. The molecule has 2 saturated carbocycles. The summed E-state index contributed by atoms with van der Waals surface area (Å²) in [6.07, 6.45) is 8.43. The first-order valence-corrected chi connectivity index (χ1v) is 17.7. The minimum absolute atomic E-state index is 0.124. The van der Waals surface area contributed by atoms with Crippen molar-refractivity contribution in [1.82, 2.24) is 21.3 Å². The van der Waals surface area contributed by atoms with Crippen LogP contribution in [0.4, 0.5) is 19.2 Å². The lowest BCUT2D eigenvalue weighted by Crippen LogP contribution is -2.39. The number of benzene rings is 2. The van der Waals surface area contributed by atoms with Gasteiger partial charge >= 0.3 is 24.4 Å². The second-order valence-corrected chi connectivity index (χ2v) is 12.9. The van der Waals surface area contributed by atoms with E-state index in [0.29, 0.717) is 37.8 Å². The van der Waals surface area contributed by atoms with Gasteiger partial charge in [-0.25, -0.2) is 19.2 Å². The van der Waals surface area contributed by atoms with E-state index < -0.39 is 24.4 Å². The van der Waals surface area contributed by atoms with Crippen molar-refractivity contribution in [2.45, 2.75) is 95.9 Å². The zero-order valence-electron chi connectivity index (χ0n) is 28.4. The molecule has 0 atom stereocenters. The van der Waals surface area contributed by atoms with E-state index in [-0.39, 0.29) is 38.5 Å². The molecule has 0 aliphatic heterocycles. The van der Waals surface area contributed by atoms with Crippen molar-refractivity contribution in [2.75, 3.05) is 26.4 Å². The molecule has 2 fully saturated rings. The van der Waals surface area contributed by atoms with Crippen molar-refractivity contribution in [3.8, 4) is 0 Å². The first-order valence-electron chi connectivity index (χ1n) is 17.7. The topological polar surface area (TPSA) is 153 Å². The number of rotatable bonds is 16. The Morgan fingerprint density at radius 1 is 0.531 bits per heavy atom. The highest BCUT2D eigenvalue weighted by molar-refractivity contribution is 5.68. The molecule has 2 aliphatic rings. The molecule has 12 nitrogen and oxygen atoms in total. The molecule has 12 heteroatoms. The van der Waals surface area contributed by atoms with Crippen LogP contribution in [-0.4, -0.2) is 62.8 Å². The lowest BCUT2D eigenvalue weighted by molar-refractivity contribution is 0.114. The summed E-state index contributed by atoms with van der Waals surface area (Å²) in [5, 5.41) is 11.3. The molecule has 0 saturated heterocycles. The van der Waals surface area contributed by atoms with Crippen LogP contribution in [0.3, 0.4) is 0 Å². The normalized spacial score (nSPS) is 20.2. The average molecular weight is 681 g/mol. The Hall–Kier alpha value is -4.48. The highest BCUT2D eigenvalue weighted by Crippen LogP contribution is 2.35. The van der Waals surface area contributed by atoms with Gasteiger partial charge < -0.3 is 40.2 Å². The van der Waals surface area contributed by atoms with E-state index in [1.807, 2.05) is 60.7 Å². The third-order valence-corrected chi connectivity index (χ3v) is 9.08. The summed E-state index contributed by atoms with van der Waals surface area (Å²) < 4.78 is 20.9. The van der Waals surface area contributed by atoms with Crippen molar-refractivity contribution < 1.29 is 38.1 Å². The Kier molecular flexibility index (Phi) is 16.4. The SMILES string of the molecule is O=C(NCc1ccccc1)OCCCOC(=O)NC1CCC(CC2CCC(NC(=O)OCCCNC(=O)OCc3ccccc3)CC2)CC1. The third-order valence-electron chi connectivity index (χ3n) is 9.08. The lowest BCUT2D eigenvalue weighted by Gasteiger charge is -2.34. The maximum absolute atomic E-state index is 12.2. The predicted octanol–water partition coefficient (Wildman–Crippen LogP) is 6.58. The number of nitrogens with one attached hydrogen (secondary N) is 4. The molecule has 4 rings (SSSR count). The molecule has 4 amide bonds. The molecular formula is C37H52N4O8. The van der Waals surface area contributed by atoms with Crippen molar-refractivity contribution in [3.05, 3.63) is 71.8 Å². The third kappa shape index (κ3) is 15.5. The van der Waals surface area contributed by atoms with Crippen LogP contribution in [0.1, 0.15) is 81.8 Å². The van der Waals surface area contributed by atoms with Crippen LogP contribution < -0.4 is 21.3 Å². The van der Waals surface area contributed by atoms with Crippen molar-refractivity contribution >= 4 is 24.4 Å². The van der Waals surface area contributed by atoms with Gasteiger partial charge in [-0.05, 0) is 87.2 Å². The number of ether oxygens (including phenoxy) is 4. The first kappa shape index (κ1) is 37.3. The standard InChI is InChI=1S/C37H52N4O8/c42-34(49-27-31-11-5-2-6-12-31)38-21-7-22-47-36(44)40-32-17-13-28(14-18-32)25-29-15-19-33(20-16-29)41-37(45)48-24-8-23-46-35(43)39-26-30-9-3-1-4-10-30/h1-6,9-12,28-29,32-33H,7-8,13-27H2,(H,38,42)(H,39,43)(H,40,44)(H,41,45). The van der Waals surface area contributed by atoms with Crippen LogP contribution in [0, 0.1) is 11.8 Å². The van der Waals surface area contributed by atoms with Crippen molar-refractivity contribution in [2.24, 2.45) is 11.8 Å². The molecule has 49 heavy (non-hydrogen) atoms. The number of amides is 4. The van der Waals surface area contributed by atoms with Gasteiger partial charge in [0.25, 0.3) is 0 Å². The van der Waals surface area contributed by atoms with Gasteiger partial charge in [0.05, 0.1) is 19.8 Å². The summed E-state index contributed by atoms with van der Waals surface area (Å²) >= 11 is 0. The molecule has 2 aromatic carbocycles. The van der Waals surface area contributed by atoms with E-state index in [0.717, 1.165) is 62.5 Å². The summed E-state index contributed by atoms with van der Waals surface area (Å²) in [5.74, 6) is 1.31. The van der Waals surface area contributed by atoms with Crippen molar-refractivity contribution in [1.29, 1.82) is 0 Å². The van der Waals surface area contributed by atoms with E-state index in [2.05, 4.69) is 21.3 Å². The summed E-state index contributed by atoms with van der Waals surface area (Å²) in [6.45, 7) is 1.56. The smallest absolute Gasteiger partial charge is 0.407 e. The number of hydrogen-bond donors (Lipinski definition) is 4. The Morgan fingerprint density at radius 3 is 1.55 bits per heavy atom. The molecule has 2 aromatic rings. The minimum atomic E-state index is -0.493. The summed E-state index contributed by atoms with van der Waals surface area (Å²) in [6, 6.07) is 19.3. The molecular weight excluding hydrogens is 628 g/mol. The van der Waals surface area contributed by atoms with Gasteiger partial charge in [-0.3, -0.25) is 0 Å². The second kappa shape index (κ2) is 21.5. The fourth-order valence-electron chi connectivity index (χ4n) is 6.38. The van der Waals surface area contributed by atoms with Crippen LogP contribution in [0.5, 0.6) is 0 Å². The second-order valence-electron chi connectivity index (χ2n) is 12.9. The van der Waals surface area contributed by atoms with E-state index in [4.69, 9.17) is 18.9 Å². The van der Waals surface area contributed by atoms with E-state index in [1.165, 1.54) is 6.42 Å². The molecule has 0 heterocycles. The summed E-state index contributed by atoms with van der Waals surface area (Å²) in [5.41, 5.74) is 1.91. The first-order chi connectivity index (χ1) is 23.9. The lowest BCUT2D eigenvalue weighted by atomic mass is 9.76. The number of carbonyl (C=O) groups excluding carboxylic acids is 4. The average Bonchev–Trinajstić information content (AvgIpc) is 3.12. The van der Waals surface area contributed by atoms with Gasteiger partial charge in [0.2, 0.25) is 0 Å². The minimum Gasteiger partial charge on any atom is -0.449 e. The Labute approximate surface area is 289 Å². The van der Waals surface area contributed by atoms with Crippen LogP contribution >= 0.6 is 0 Å². The van der Waals surface area contributed by atoms with Gasteiger partial charge in [-0.1, -0.05) is 60.7 Å². The molecule has 4 N–H and O–H groups in total. The highest BCUT2D eigenvalue weighted by Gasteiger charge is 2.28. The molecule has 0 aromatic heterocycles. The van der Waals surface area contributed by atoms with E-state index in [9.17, 15) is 19.2 Å². The fraction of sp³-hybridized carbons (Fsp3) is 0.568. The monoisotopic (exact) mass is 680 g/mol. The number of carbonyl (C=O) groups is 4. The molecule has 0 spiro atoms. The van der Waals surface area contributed by atoms with Gasteiger partial charge in [0, 0.05) is 31.6 Å². The van der Waals surface area contributed by atoms with Gasteiger partial charge in [-0.2, -0.15) is 0 Å². The van der Waals surface area contributed by atoms with Gasteiger partial charge in [-0.15, -0.1) is 0 Å². The number of alkyl carbamates (subject to hydrolysis) is 4. The highest BCUT2D eigenvalue weighted by atomic mass is 16.6. The Balaban J connectivity index is 0.944. The summed E-state index contributed by atoms with van der Waals surface area (Å²) in [7, 11) is 0. The zero-order valence-corrected chi connectivity index (χ0v) is 28.4. The maximum Gasteiger partial charge on any atom is 0.407 e. The van der Waals surface area contributed by atoms with Crippen molar-refractivity contribution in [3.63, 3.8) is 0 Å². The zero-order chi connectivity index (χ0) is 34.5. The predicted molar refractivity (Wildman–Crippen MR) is 184 cm³/mol. The van der Waals surface area contributed by atoms with Crippen LogP contribution in [0.2, 0.25) is 0 Å². The molecule has 2 aliphatic carbocycles. The molecule has 0 unspecified atom stereocenters.